The fourth-order valence-electron chi connectivity index (χ4n) is 2.93. The van der Waals surface area contributed by atoms with Crippen molar-refractivity contribution >= 4 is 11.6 Å². The molecule has 1 fully saturated rings. The monoisotopic (exact) mass is 347 g/mol. The van der Waals surface area contributed by atoms with Gasteiger partial charge in [0.05, 0.1) is 0 Å². The molecule has 25 heavy (non-hydrogen) atoms. The fraction of sp³-hybridized carbons (Fsp3) is 0.333. The smallest absolute Gasteiger partial charge is 0.276 e. The van der Waals surface area contributed by atoms with Gasteiger partial charge in [-0.3, -0.25) is 4.79 Å². The number of aromatic nitrogens is 1. The quantitative estimate of drug-likeness (QED) is 0.908. The second-order valence-electron chi connectivity index (χ2n) is 6.11. The van der Waals surface area contributed by atoms with Gasteiger partial charge in [-0.05, 0) is 37.1 Å². The lowest BCUT2D eigenvalue weighted by molar-refractivity contribution is 0.0758. The summed E-state index contributed by atoms with van der Waals surface area (Å²) in [5, 5.41) is 9.95. The SMILES string of the molecule is Cc1cnc(C(=O)N2CCCN(c3ccc(F)c(F)c3)CC2)c(O)c1. The van der Waals surface area contributed by atoms with Crippen LogP contribution in [0.4, 0.5) is 14.5 Å². The molecule has 132 valence electrons. The topological polar surface area (TPSA) is 56.7 Å². The Labute approximate surface area is 144 Å². The number of anilines is 1. The number of pyridine rings is 1. The number of carbonyl (C=O) groups excluding carboxylic acids is 1. The van der Waals surface area contributed by atoms with Crippen LogP contribution in [0, 0.1) is 18.6 Å². The highest BCUT2D eigenvalue weighted by Gasteiger charge is 2.24. The molecule has 1 aliphatic heterocycles. The van der Waals surface area contributed by atoms with Gasteiger partial charge in [-0.2, -0.15) is 0 Å². The average molecular weight is 347 g/mol. The molecule has 0 saturated carbocycles. The standard InChI is InChI=1S/C18H19F2N3O2/c1-12-9-16(24)17(21-11-12)18(25)23-6-2-5-22(7-8-23)13-3-4-14(19)15(20)10-13/h3-4,9-11,24H,2,5-8H2,1H3. The van der Waals surface area contributed by atoms with Gasteiger partial charge in [0.1, 0.15) is 5.75 Å². The van der Waals surface area contributed by atoms with Crippen molar-refractivity contribution in [2.24, 2.45) is 0 Å². The van der Waals surface area contributed by atoms with Gasteiger partial charge in [0.2, 0.25) is 0 Å². The molecule has 0 atom stereocenters. The Morgan fingerprint density at radius 3 is 2.64 bits per heavy atom. The molecule has 0 unspecified atom stereocenters. The van der Waals surface area contributed by atoms with Crippen molar-refractivity contribution in [1.82, 2.24) is 9.88 Å². The number of nitrogens with zero attached hydrogens (tertiary/aromatic N) is 3. The lowest BCUT2D eigenvalue weighted by Crippen LogP contribution is -2.35. The zero-order valence-electron chi connectivity index (χ0n) is 13.9. The molecule has 7 heteroatoms. The van der Waals surface area contributed by atoms with Crippen LogP contribution in [0.3, 0.4) is 0 Å². The molecule has 5 nitrogen and oxygen atoms in total. The first kappa shape index (κ1) is 17.1. The molecule has 2 aromatic rings. The second-order valence-corrected chi connectivity index (χ2v) is 6.11. The van der Waals surface area contributed by atoms with Crippen molar-refractivity contribution in [2.45, 2.75) is 13.3 Å². The Kier molecular flexibility index (Phi) is 4.83. The second kappa shape index (κ2) is 7.04. The summed E-state index contributed by atoms with van der Waals surface area (Å²) in [7, 11) is 0. The van der Waals surface area contributed by atoms with E-state index in [0.717, 1.165) is 11.6 Å². The first-order valence-corrected chi connectivity index (χ1v) is 8.10. The molecule has 1 saturated heterocycles. The lowest BCUT2D eigenvalue weighted by atomic mass is 10.2. The number of aromatic hydroxyl groups is 1. The van der Waals surface area contributed by atoms with Crippen molar-refractivity contribution in [3.05, 3.63) is 53.4 Å². The van der Waals surface area contributed by atoms with Crippen molar-refractivity contribution in [3.8, 4) is 5.75 Å². The zero-order chi connectivity index (χ0) is 18.0. The molecule has 3 rings (SSSR count). The number of aryl methyl sites for hydroxylation is 1. The van der Waals surface area contributed by atoms with Gasteiger partial charge < -0.3 is 14.9 Å². The molecule has 2 heterocycles. The number of benzene rings is 1. The Hall–Kier alpha value is -2.70. The van der Waals surface area contributed by atoms with E-state index in [9.17, 15) is 18.7 Å². The van der Waals surface area contributed by atoms with E-state index in [2.05, 4.69) is 4.98 Å². The van der Waals surface area contributed by atoms with E-state index in [-0.39, 0.29) is 17.4 Å². The summed E-state index contributed by atoms with van der Waals surface area (Å²) in [4.78, 5) is 20.2. The zero-order valence-corrected chi connectivity index (χ0v) is 13.9. The maximum Gasteiger partial charge on any atom is 0.276 e. The van der Waals surface area contributed by atoms with Crippen molar-refractivity contribution in [1.29, 1.82) is 0 Å². The highest BCUT2D eigenvalue weighted by atomic mass is 19.2. The van der Waals surface area contributed by atoms with E-state index in [1.165, 1.54) is 18.2 Å². The molecule has 0 radical (unpaired) electrons. The normalized spacial score (nSPS) is 15.2. The molecule has 1 aliphatic rings. The van der Waals surface area contributed by atoms with Gasteiger partial charge in [0.25, 0.3) is 5.91 Å². The highest BCUT2D eigenvalue weighted by molar-refractivity contribution is 5.94. The Morgan fingerprint density at radius 1 is 1.12 bits per heavy atom. The number of carbonyl (C=O) groups is 1. The number of amides is 1. The van der Waals surface area contributed by atoms with Crippen LogP contribution in [0.5, 0.6) is 5.75 Å². The maximum absolute atomic E-state index is 13.4. The predicted octanol–water partition coefficient (Wildman–Crippen LogP) is 2.73. The van der Waals surface area contributed by atoms with E-state index < -0.39 is 11.6 Å². The minimum atomic E-state index is -0.886. The summed E-state index contributed by atoms with van der Waals surface area (Å²) in [5.41, 5.74) is 1.39. The van der Waals surface area contributed by atoms with Crippen LogP contribution in [0.1, 0.15) is 22.5 Å². The highest BCUT2D eigenvalue weighted by Crippen LogP contribution is 2.22. The molecular weight excluding hydrogens is 328 g/mol. The third-order valence-corrected chi connectivity index (χ3v) is 4.26. The number of halogens is 2. The maximum atomic E-state index is 13.4. The fourth-order valence-corrected chi connectivity index (χ4v) is 2.93. The number of rotatable bonds is 2. The Bertz CT molecular complexity index is 798. The summed E-state index contributed by atoms with van der Waals surface area (Å²) in [6.45, 7) is 3.82. The minimum absolute atomic E-state index is 0.0341. The Balaban J connectivity index is 1.72. The van der Waals surface area contributed by atoms with Crippen LogP contribution >= 0.6 is 0 Å². The van der Waals surface area contributed by atoms with Crippen LogP contribution in [-0.4, -0.2) is 47.1 Å². The lowest BCUT2D eigenvalue weighted by Gasteiger charge is -2.23. The van der Waals surface area contributed by atoms with Gasteiger partial charge in [-0.1, -0.05) is 0 Å². The third kappa shape index (κ3) is 3.70. The van der Waals surface area contributed by atoms with Crippen LogP contribution < -0.4 is 4.90 Å². The van der Waals surface area contributed by atoms with E-state index in [0.29, 0.717) is 38.3 Å². The molecular formula is C18H19F2N3O2. The molecule has 0 aliphatic carbocycles. The Morgan fingerprint density at radius 2 is 1.92 bits per heavy atom. The first-order valence-electron chi connectivity index (χ1n) is 8.10. The summed E-state index contributed by atoms with van der Waals surface area (Å²) >= 11 is 0. The van der Waals surface area contributed by atoms with Crippen LogP contribution in [0.15, 0.2) is 30.5 Å². The van der Waals surface area contributed by atoms with Crippen molar-refractivity contribution in [3.63, 3.8) is 0 Å². The van der Waals surface area contributed by atoms with Crippen LogP contribution in [0.2, 0.25) is 0 Å². The molecule has 0 bridgehead atoms. The summed E-state index contributed by atoms with van der Waals surface area (Å²) in [6, 6.07) is 5.31. The first-order chi connectivity index (χ1) is 12.0. The molecule has 1 aromatic carbocycles. The summed E-state index contributed by atoms with van der Waals surface area (Å²) in [6.07, 6.45) is 2.22. The largest absolute Gasteiger partial charge is 0.505 e. The van der Waals surface area contributed by atoms with E-state index in [4.69, 9.17) is 0 Å². The van der Waals surface area contributed by atoms with Gasteiger partial charge in [-0.15, -0.1) is 0 Å². The van der Waals surface area contributed by atoms with Crippen molar-refractivity contribution < 1.29 is 18.7 Å². The molecule has 1 N–H and O–H groups in total. The van der Waals surface area contributed by atoms with Crippen LogP contribution in [-0.2, 0) is 0 Å². The van der Waals surface area contributed by atoms with Crippen molar-refractivity contribution in [2.75, 3.05) is 31.1 Å². The predicted molar refractivity (Wildman–Crippen MR) is 89.7 cm³/mol. The molecule has 1 amide bonds. The van der Waals surface area contributed by atoms with Gasteiger partial charge in [0.15, 0.2) is 17.3 Å². The number of hydrogen-bond donors (Lipinski definition) is 1. The number of hydrogen-bond acceptors (Lipinski definition) is 4. The summed E-state index contributed by atoms with van der Waals surface area (Å²) < 4.78 is 26.5. The van der Waals surface area contributed by atoms with Gasteiger partial charge in [-0.25, -0.2) is 13.8 Å². The molecule has 1 aromatic heterocycles. The minimum Gasteiger partial charge on any atom is -0.505 e. The van der Waals surface area contributed by atoms with Crippen LogP contribution in [0.25, 0.3) is 0 Å². The average Bonchev–Trinajstić information content (AvgIpc) is 2.83. The van der Waals surface area contributed by atoms with E-state index in [1.54, 1.807) is 18.0 Å². The third-order valence-electron chi connectivity index (χ3n) is 4.26. The molecule has 0 spiro atoms. The van der Waals surface area contributed by atoms with Gasteiger partial charge in [0, 0.05) is 44.1 Å². The van der Waals surface area contributed by atoms with Gasteiger partial charge >= 0.3 is 0 Å². The van der Waals surface area contributed by atoms with E-state index in [1.807, 2.05) is 4.90 Å². The van der Waals surface area contributed by atoms with E-state index >= 15 is 0 Å². The summed E-state index contributed by atoms with van der Waals surface area (Å²) in [5.74, 6) is -2.23.